The molecule has 0 spiro atoms. The van der Waals surface area contributed by atoms with Crippen molar-refractivity contribution in [2.75, 3.05) is 79.9 Å². The van der Waals surface area contributed by atoms with E-state index >= 15 is 0 Å². The lowest BCUT2D eigenvalue weighted by Gasteiger charge is -2.33. The normalized spacial score (nSPS) is 14.8. The Bertz CT molecular complexity index is 3150. The summed E-state index contributed by atoms with van der Waals surface area (Å²) in [5, 5.41) is 20.8. The van der Waals surface area contributed by atoms with Gasteiger partial charge in [0.1, 0.15) is 46.3 Å². The number of carbonyl (C=O) groups is 4. The van der Waals surface area contributed by atoms with E-state index in [2.05, 4.69) is 0 Å². The second-order valence-electron chi connectivity index (χ2n) is 23.2. The Balaban J connectivity index is 0.000000251. The summed E-state index contributed by atoms with van der Waals surface area (Å²) in [6.07, 6.45) is 1.01. The maximum Gasteiger partial charge on any atom is 0.415 e. The Morgan fingerprint density at radius 1 is 0.455 bits per heavy atom. The summed E-state index contributed by atoms with van der Waals surface area (Å²) >= 11 is 0. The average molecular weight is 1220 g/mol. The number of benzene rings is 6. The largest absolute Gasteiger partial charge is 0.495 e. The average Bonchev–Trinajstić information content (AvgIpc) is 3.19. The van der Waals surface area contributed by atoms with Crippen molar-refractivity contribution in [3.63, 3.8) is 0 Å². The summed E-state index contributed by atoms with van der Waals surface area (Å²) in [5.74, 6) is 2.96. The molecule has 20 heteroatoms. The zero-order chi connectivity index (χ0) is 64.0. The minimum atomic E-state index is -1.26. The number of rotatable bonds is 22. The van der Waals surface area contributed by atoms with Gasteiger partial charge in [0, 0.05) is 47.9 Å². The summed E-state index contributed by atoms with van der Waals surface area (Å²) in [4.78, 5) is 55.3. The quantitative estimate of drug-likeness (QED) is 0.0644. The van der Waals surface area contributed by atoms with Gasteiger partial charge in [0.15, 0.2) is 23.0 Å². The molecule has 0 aromatic heterocycles. The number of methoxy groups -OCH3 is 8. The molecule has 2 amide bonds. The summed E-state index contributed by atoms with van der Waals surface area (Å²) in [6.45, 7) is 11.3. The van der Waals surface area contributed by atoms with Gasteiger partial charge in [0.05, 0.1) is 81.5 Å². The molecule has 6 aromatic carbocycles. The molecule has 2 aliphatic rings. The molecule has 8 rings (SSSR count). The van der Waals surface area contributed by atoms with Crippen LogP contribution in [0.15, 0.2) is 109 Å². The maximum atomic E-state index is 13.7. The summed E-state index contributed by atoms with van der Waals surface area (Å²) < 4.78 is 68.5. The number of ether oxygens (including phenoxy) is 12. The minimum absolute atomic E-state index is 0.0466. The van der Waals surface area contributed by atoms with Gasteiger partial charge < -0.3 is 67.1 Å². The summed E-state index contributed by atoms with van der Waals surface area (Å²) in [6, 6.07) is 30.3. The van der Waals surface area contributed by atoms with E-state index in [0.717, 1.165) is 33.4 Å². The summed E-state index contributed by atoms with van der Waals surface area (Å²) in [5.41, 5.74) is 3.93. The molecule has 0 aliphatic carbocycles. The van der Waals surface area contributed by atoms with Crippen LogP contribution in [0.1, 0.15) is 74.9 Å². The first-order valence-electron chi connectivity index (χ1n) is 28.8. The van der Waals surface area contributed by atoms with Crippen LogP contribution in [-0.4, -0.2) is 128 Å². The van der Waals surface area contributed by atoms with E-state index < -0.39 is 47.4 Å². The minimum Gasteiger partial charge on any atom is -0.495 e. The van der Waals surface area contributed by atoms with E-state index in [4.69, 9.17) is 56.8 Å². The Morgan fingerprint density at radius 2 is 0.795 bits per heavy atom. The van der Waals surface area contributed by atoms with Gasteiger partial charge in [0.2, 0.25) is 11.5 Å². The number of amides is 2. The van der Waals surface area contributed by atoms with E-state index in [0.29, 0.717) is 108 Å². The van der Waals surface area contributed by atoms with Crippen LogP contribution in [0.4, 0.5) is 21.0 Å². The number of carboxylic acid groups (broad SMARTS) is 2. The number of fused-ring (bicyclic) bond motifs is 2. The fourth-order valence-electron chi connectivity index (χ4n) is 10.8. The number of nitrogens with zero attached hydrogens (tertiary/aromatic N) is 2. The molecule has 0 saturated heterocycles. The third-order valence-corrected chi connectivity index (χ3v) is 14.7. The van der Waals surface area contributed by atoms with Crippen molar-refractivity contribution in [3.05, 3.63) is 143 Å². The molecule has 20 nitrogen and oxygen atoms in total. The van der Waals surface area contributed by atoms with E-state index in [-0.39, 0.29) is 24.7 Å². The van der Waals surface area contributed by atoms with Gasteiger partial charge >= 0.3 is 24.1 Å². The highest BCUT2D eigenvalue weighted by Gasteiger charge is 2.39. The molecule has 6 aromatic rings. The zero-order valence-corrected chi connectivity index (χ0v) is 52.7. The lowest BCUT2D eigenvalue weighted by Crippen LogP contribution is -2.49. The molecular weight excluding hydrogens is 1130 g/mol. The van der Waals surface area contributed by atoms with Crippen molar-refractivity contribution in [3.8, 4) is 57.5 Å². The van der Waals surface area contributed by atoms with Crippen molar-refractivity contribution in [2.24, 2.45) is 11.8 Å². The molecule has 0 saturated carbocycles. The van der Waals surface area contributed by atoms with Gasteiger partial charge in [-0.15, -0.1) is 0 Å². The zero-order valence-electron chi connectivity index (χ0n) is 52.7. The number of hydrogen-bond donors (Lipinski definition) is 2. The maximum absolute atomic E-state index is 13.7. The predicted molar refractivity (Wildman–Crippen MR) is 332 cm³/mol. The monoisotopic (exact) mass is 1210 g/mol. The van der Waals surface area contributed by atoms with Crippen molar-refractivity contribution >= 4 is 35.5 Å². The van der Waals surface area contributed by atoms with Crippen LogP contribution in [0.3, 0.4) is 0 Å². The Kier molecular flexibility index (Phi) is 22.2. The second kappa shape index (κ2) is 29.5. The highest BCUT2D eigenvalue weighted by atomic mass is 16.6. The SMILES string of the molecule is COc1ccc(CC2COc3cc(OC)c(OC)c(OC)c3C2)cc1N(C(=O)OC(C)(C)C)[C@@H](Cc1ccccc1)C(=O)O.COc1ccc(CC2COc3cc(OC)c(OC)c(OC)c3C2)cc1N(C(=O)OC(C)(C)C)[C@@H](Cc1ccccc1)C(=O)O. The second-order valence-corrected chi connectivity index (χ2v) is 23.2. The first kappa shape index (κ1) is 66.3. The van der Waals surface area contributed by atoms with Crippen molar-refractivity contribution in [1.29, 1.82) is 0 Å². The van der Waals surface area contributed by atoms with Crippen LogP contribution in [0.25, 0.3) is 0 Å². The third-order valence-electron chi connectivity index (χ3n) is 14.7. The smallest absolute Gasteiger partial charge is 0.415 e. The summed E-state index contributed by atoms with van der Waals surface area (Å²) in [7, 11) is 12.4. The van der Waals surface area contributed by atoms with Crippen LogP contribution in [0, 0.1) is 11.8 Å². The lowest BCUT2D eigenvalue weighted by molar-refractivity contribution is -0.139. The van der Waals surface area contributed by atoms with Crippen LogP contribution >= 0.6 is 0 Å². The standard InChI is InChI=1S/2C34H41NO9/c2*1-34(2,3)44-33(38)35(26(32(36)37)17-21-11-9-8-10-12-21)25-18-22(13-14-27(25)39-4)15-23-16-24-28(43-20-23)19-29(40-5)31(42-7)30(24)41-6/h2*8-14,18-19,23,26H,15-17,20H2,1-7H3,(H,36,37)/t2*23?,26-/m00/s1. The Hall–Kier alpha value is -9.20. The van der Waals surface area contributed by atoms with Crippen molar-refractivity contribution < 1.29 is 86.2 Å². The van der Waals surface area contributed by atoms with Crippen LogP contribution < -0.4 is 57.2 Å². The van der Waals surface area contributed by atoms with Gasteiger partial charge in [-0.2, -0.15) is 0 Å². The number of anilines is 2. The number of carbonyl (C=O) groups excluding carboxylic acids is 2. The van der Waals surface area contributed by atoms with Crippen molar-refractivity contribution in [2.45, 2.75) is 103 Å². The number of aliphatic carboxylic acids is 2. The van der Waals surface area contributed by atoms with Gasteiger partial charge in [-0.1, -0.05) is 72.8 Å². The highest BCUT2D eigenvalue weighted by molar-refractivity contribution is 5.98. The van der Waals surface area contributed by atoms with Crippen LogP contribution in [0.5, 0.6) is 57.5 Å². The van der Waals surface area contributed by atoms with E-state index in [1.54, 1.807) is 121 Å². The number of carboxylic acids is 2. The van der Waals surface area contributed by atoms with E-state index in [1.807, 2.05) is 72.8 Å². The lowest BCUT2D eigenvalue weighted by atomic mass is 9.89. The molecule has 4 atom stereocenters. The first-order valence-corrected chi connectivity index (χ1v) is 28.8. The van der Waals surface area contributed by atoms with Crippen LogP contribution in [-0.2, 0) is 57.6 Å². The fourth-order valence-corrected chi connectivity index (χ4v) is 10.8. The molecule has 2 heterocycles. The molecule has 0 fully saturated rings. The molecule has 0 radical (unpaired) electrons. The Morgan fingerprint density at radius 3 is 1.09 bits per heavy atom. The number of hydrogen-bond acceptors (Lipinski definition) is 16. The highest BCUT2D eigenvalue weighted by Crippen LogP contribution is 2.50. The molecule has 0 bridgehead atoms. The van der Waals surface area contributed by atoms with E-state index in [9.17, 15) is 29.4 Å². The Labute approximate surface area is 515 Å². The predicted octanol–water partition coefficient (Wildman–Crippen LogP) is 11.9. The molecule has 2 aliphatic heterocycles. The van der Waals surface area contributed by atoms with Crippen molar-refractivity contribution in [1.82, 2.24) is 0 Å². The molecule has 2 N–H and O–H groups in total. The first-order chi connectivity index (χ1) is 42.0. The van der Waals surface area contributed by atoms with Gasteiger partial charge in [-0.05, 0) is 114 Å². The topological polar surface area (TPSA) is 226 Å². The van der Waals surface area contributed by atoms with Gasteiger partial charge in [0.25, 0.3) is 0 Å². The van der Waals surface area contributed by atoms with E-state index in [1.165, 1.54) is 24.0 Å². The van der Waals surface area contributed by atoms with Gasteiger partial charge in [-0.3, -0.25) is 9.80 Å². The molecule has 88 heavy (non-hydrogen) atoms. The van der Waals surface area contributed by atoms with Crippen LogP contribution in [0.2, 0.25) is 0 Å². The molecule has 472 valence electrons. The van der Waals surface area contributed by atoms with Gasteiger partial charge in [-0.25, -0.2) is 19.2 Å². The molecule has 2 unspecified atom stereocenters. The molecular formula is C68H82N2O18. The third kappa shape index (κ3) is 16.2. The fraction of sp³-hybridized carbons (Fsp3) is 0.412.